The number of benzene rings is 1. The Balaban J connectivity index is 2.01. The van der Waals surface area contributed by atoms with Crippen LogP contribution in [0, 0.1) is 6.92 Å². The molecule has 2 aromatic rings. The first-order valence-corrected chi connectivity index (χ1v) is 7.78. The highest BCUT2D eigenvalue weighted by Crippen LogP contribution is 2.20. The van der Waals surface area contributed by atoms with Crippen molar-refractivity contribution in [2.45, 2.75) is 32.9 Å². The van der Waals surface area contributed by atoms with Crippen LogP contribution in [0.5, 0.6) is 0 Å². The Morgan fingerprint density at radius 2 is 2.10 bits per heavy atom. The summed E-state index contributed by atoms with van der Waals surface area (Å²) in [6.07, 6.45) is 0.342. The lowest BCUT2D eigenvalue weighted by Gasteiger charge is -2.15. The smallest absolute Gasteiger partial charge is 0.254 e. The normalized spacial score (nSPS) is 12.1. The maximum absolute atomic E-state index is 12.3. The number of amides is 1. The van der Waals surface area contributed by atoms with Gasteiger partial charge in [0.15, 0.2) is 6.10 Å². The highest BCUT2D eigenvalue weighted by molar-refractivity contribution is 7.11. The fraction of sp³-hybridized carbons (Fsp3) is 0.375. The predicted octanol–water partition coefficient (Wildman–Crippen LogP) is 3.02. The molecule has 1 aromatic carbocycles. The molecule has 21 heavy (non-hydrogen) atoms. The number of thiazole rings is 1. The Morgan fingerprint density at radius 3 is 2.67 bits per heavy atom. The van der Waals surface area contributed by atoms with Crippen molar-refractivity contribution in [2.75, 3.05) is 7.11 Å². The molecule has 1 heterocycles. The predicted molar refractivity (Wildman–Crippen MR) is 84.3 cm³/mol. The number of carbonyl (C=O) groups excluding carboxylic acids is 1. The lowest BCUT2D eigenvalue weighted by atomic mass is 10.1. The van der Waals surface area contributed by atoms with Crippen LogP contribution in [0.1, 0.15) is 34.2 Å². The molecule has 0 aliphatic carbocycles. The summed E-state index contributed by atoms with van der Waals surface area (Å²) in [6, 6.07) is 9.49. The highest BCUT2D eigenvalue weighted by atomic mass is 32.1. The molecule has 0 saturated heterocycles. The lowest BCUT2D eigenvalue weighted by Crippen LogP contribution is -2.29. The molecule has 0 unspecified atom stereocenters. The fourth-order valence-electron chi connectivity index (χ4n) is 2.09. The van der Waals surface area contributed by atoms with Crippen molar-refractivity contribution in [3.05, 3.63) is 51.5 Å². The van der Waals surface area contributed by atoms with Crippen molar-refractivity contribution in [1.82, 2.24) is 10.3 Å². The van der Waals surface area contributed by atoms with Gasteiger partial charge in [0.05, 0.1) is 17.2 Å². The second-order valence-corrected chi connectivity index (χ2v) is 5.88. The second kappa shape index (κ2) is 7.33. The van der Waals surface area contributed by atoms with Gasteiger partial charge in [-0.25, -0.2) is 4.98 Å². The summed E-state index contributed by atoms with van der Waals surface area (Å²) < 4.78 is 5.32. The van der Waals surface area contributed by atoms with E-state index in [1.54, 1.807) is 18.4 Å². The zero-order valence-electron chi connectivity index (χ0n) is 12.6. The Labute approximate surface area is 129 Å². The van der Waals surface area contributed by atoms with E-state index >= 15 is 0 Å². The largest absolute Gasteiger partial charge is 0.367 e. The number of ether oxygens (including phenoxy) is 1. The van der Waals surface area contributed by atoms with Gasteiger partial charge in [-0.05, 0) is 18.9 Å². The van der Waals surface area contributed by atoms with Gasteiger partial charge in [0.25, 0.3) is 5.91 Å². The number of methoxy groups -OCH3 is 1. The van der Waals surface area contributed by atoms with Crippen molar-refractivity contribution in [1.29, 1.82) is 0 Å². The average molecular weight is 304 g/mol. The summed E-state index contributed by atoms with van der Waals surface area (Å²) in [4.78, 5) is 17.9. The standard InChI is InChI=1S/C16H20N2O2S/c1-4-14-18-11(2)13(21-14)10-17-16(19)15(20-3)12-8-6-5-7-9-12/h5-9,15H,4,10H2,1-3H3,(H,17,19)/t15-/m1/s1. The Kier molecular flexibility index (Phi) is 5.47. The van der Waals surface area contributed by atoms with Gasteiger partial charge < -0.3 is 10.1 Å². The number of nitrogens with one attached hydrogen (secondary N) is 1. The molecule has 1 aromatic heterocycles. The van der Waals surface area contributed by atoms with Crippen molar-refractivity contribution >= 4 is 17.2 Å². The van der Waals surface area contributed by atoms with E-state index < -0.39 is 6.10 Å². The third-order valence-electron chi connectivity index (χ3n) is 3.24. The molecule has 1 N–H and O–H groups in total. The molecular formula is C16H20N2O2S. The van der Waals surface area contributed by atoms with Crippen LogP contribution >= 0.6 is 11.3 Å². The van der Waals surface area contributed by atoms with Crippen LogP contribution in [-0.4, -0.2) is 18.0 Å². The quantitative estimate of drug-likeness (QED) is 0.892. The van der Waals surface area contributed by atoms with Crippen LogP contribution < -0.4 is 5.32 Å². The van der Waals surface area contributed by atoms with Gasteiger partial charge in [0, 0.05) is 12.0 Å². The minimum Gasteiger partial charge on any atom is -0.367 e. The summed E-state index contributed by atoms with van der Waals surface area (Å²) >= 11 is 1.65. The third kappa shape index (κ3) is 3.89. The van der Waals surface area contributed by atoms with E-state index in [4.69, 9.17) is 4.74 Å². The van der Waals surface area contributed by atoms with Crippen LogP contribution in [0.25, 0.3) is 0 Å². The fourth-order valence-corrected chi connectivity index (χ4v) is 3.03. The minimum absolute atomic E-state index is 0.130. The molecule has 0 fully saturated rings. The first kappa shape index (κ1) is 15.7. The van der Waals surface area contributed by atoms with Gasteiger partial charge >= 0.3 is 0 Å². The molecular weight excluding hydrogens is 284 g/mol. The average Bonchev–Trinajstić information content (AvgIpc) is 2.87. The molecule has 0 radical (unpaired) electrons. The Morgan fingerprint density at radius 1 is 1.38 bits per heavy atom. The van der Waals surface area contributed by atoms with Gasteiger partial charge in [-0.15, -0.1) is 11.3 Å². The van der Waals surface area contributed by atoms with Crippen molar-refractivity contribution in [2.24, 2.45) is 0 Å². The van der Waals surface area contributed by atoms with E-state index in [0.717, 1.165) is 27.6 Å². The highest BCUT2D eigenvalue weighted by Gasteiger charge is 2.20. The number of aryl methyl sites for hydroxylation is 2. The number of aromatic nitrogens is 1. The minimum atomic E-state index is -0.579. The monoisotopic (exact) mass is 304 g/mol. The molecule has 1 amide bonds. The van der Waals surface area contributed by atoms with Crippen molar-refractivity contribution in [3.8, 4) is 0 Å². The van der Waals surface area contributed by atoms with E-state index in [1.807, 2.05) is 37.3 Å². The molecule has 1 atom stereocenters. The summed E-state index contributed by atoms with van der Waals surface area (Å²) in [5, 5.41) is 4.03. The van der Waals surface area contributed by atoms with Crippen LogP contribution in [0.4, 0.5) is 0 Å². The van der Waals surface area contributed by atoms with Crippen molar-refractivity contribution < 1.29 is 9.53 Å². The maximum Gasteiger partial charge on any atom is 0.254 e. The molecule has 112 valence electrons. The molecule has 0 bridgehead atoms. The Hall–Kier alpha value is -1.72. The molecule has 0 saturated carbocycles. The third-order valence-corrected chi connectivity index (χ3v) is 4.54. The number of nitrogens with zero attached hydrogens (tertiary/aromatic N) is 1. The summed E-state index contributed by atoms with van der Waals surface area (Å²) in [5.74, 6) is -0.130. The summed E-state index contributed by atoms with van der Waals surface area (Å²) in [7, 11) is 1.55. The SMILES string of the molecule is CCc1nc(C)c(CNC(=O)[C@H](OC)c2ccccc2)s1. The molecule has 0 aliphatic rings. The zero-order valence-corrected chi connectivity index (χ0v) is 13.4. The van der Waals surface area contributed by atoms with Crippen molar-refractivity contribution in [3.63, 3.8) is 0 Å². The van der Waals surface area contributed by atoms with Crippen LogP contribution in [-0.2, 0) is 22.5 Å². The van der Waals surface area contributed by atoms with Gasteiger partial charge in [-0.3, -0.25) is 4.79 Å². The van der Waals surface area contributed by atoms with Crippen LogP contribution in [0.3, 0.4) is 0 Å². The number of hydrogen-bond donors (Lipinski definition) is 1. The van der Waals surface area contributed by atoms with Gasteiger partial charge in [0.2, 0.25) is 0 Å². The first-order chi connectivity index (χ1) is 10.2. The van der Waals surface area contributed by atoms with Crippen LogP contribution in [0.15, 0.2) is 30.3 Å². The molecule has 2 rings (SSSR count). The van der Waals surface area contributed by atoms with Gasteiger partial charge in [-0.2, -0.15) is 0 Å². The molecule has 0 spiro atoms. The van der Waals surface area contributed by atoms with E-state index in [1.165, 1.54) is 0 Å². The van der Waals surface area contributed by atoms with E-state index in [-0.39, 0.29) is 5.91 Å². The number of carbonyl (C=O) groups is 1. The molecule has 4 nitrogen and oxygen atoms in total. The molecule has 5 heteroatoms. The lowest BCUT2D eigenvalue weighted by molar-refractivity contribution is -0.131. The number of rotatable bonds is 6. The second-order valence-electron chi connectivity index (χ2n) is 4.71. The van der Waals surface area contributed by atoms with Gasteiger partial charge in [0.1, 0.15) is 0 Å². The van der Waals surface area contributed by atoms with Crippen LogP contribution in [0.2, 0.25) is 0 Å². The topological polar surface area (TPSA) is 51.2 Å². The summed E-state index contributed by atoms with van der Waals surface area (Å²) in [6.45, 7) is 4.55. The van der Waals surface area contributed by atoms with E-state index in [0.29, 0.717) is 6.54 Å². The first-order valence-electron chi connectivity index (χ1n) is 6.96. The molecule has 0 aliphatic heterocycles. The Bertz CT molecular complexity index is 596. The number of hydrogen-bond acceptors (Lipinski definition) is 4. The van der Waals surface area contributed by atoms with Gasteiger partial charge in [-0.1, -0.05) is 37.3 Å². The van der Waals surface area contributed by atoms with E-state index in [2.05, 4.69) is 17.2 Å². The maximum atomic E-state index is 12.3. The zero-order chi connectivity index (χ0) is 15.2. The summed E-state index contributed by atoms with van der Waals surface area (Å²) in [5.41, 5.74) is 1.85. The van der Waals surface area contributed by atoms with E-state index in [9.17, 15) is 4.79 Å².